The number of azo groups is 2. The first kappa shape index (κ1) is 31.7. The van der Waals surface area contributed by atoms with E-state index in [2.05, 4.69) is 31.0 Å². The van der Waals surface area contributed by atoms with Gasteiger partial charge in [0.25, 0.3) is 0 Å². The zero-order valence-corrected chi connectivity index (χ0v) is 25.0. The predicted molar refractivity (Wildman–Crippen MR) is 179 cm³/mol. The first-order chi connectivity index (χ1) is 22.6. The van der Waals surface area contributed by atoms with Gasteiger partial charge in [-0.15, -0.1) is 10.2 Å². The van der Waals surface area contributed by atoms with Crippen LogP contribution in [0.15, 0.2) is 128 Å². The molecule has 234 valence electrons. The van der Waals surface area contributed by atoms with Crippen LogP contribution in [0.3, 0.4) is 0 Å². The van der Waals surface area contributed by atoms with Crippen LogP contribution in [0.5, 0.6) is 0 Å². The Morgan fingerprint density at radius 3 is 1.98 bits per heavy atom. The summed E-state index contributed by atoms with van der Waals surface area (Å²) in [5.74, 6) is -2.80. The third-order valence-electron chi connectivity index (χ3n) is 6.99. The van der Waals surface area contributed by atoms with Crippen LogP contribution in [0.25, 0.3) is 11.1 Å². The molecule has 0 heterocycles. The number of anilines is 3. The second-order valence-corrected chi connectivity index (χ2v) is 10.4. The van der Waals surface area contributed by atoms with Crippen molar-refractivity contribution >= 4 is 63.2 Å². The summed E-state index contributed by atoms with van der Waals surface area (Å²) in [6.07, 6.45) is 3.74. The van der Waals surface area contributed by atoms with Crippen molar-refractivity contribution in [2.24, 2.45) is 25.6 Å². The number of aryl methyl sites for hydroxylation is 1. The first-order valence-corrected chi connectivity index (χ1v) is 14.1. The number of hydrogen-bond donors (Lipinski definition) is 5. The summed E-state index contributed by atoms with van der Waals surface area (Å²) in [5, 5.41) is 39.3. The van der Waals surface area contributed by atoms with Crippen LogP contribution in [0.2, 0.25) is 0 Å². The monoisotopic (exact) mass is 628 g/mol. The number of nitrogens with zero attached hydrogens (tertiary/aromatic N) is 5. The van der Waals surface area contributed by atoms with Gasteiger partial charge in [0.15, 0.2) is 5.78 Å². The second-order valence-electron chi connectivity index (χ2n) is 10.4. The summed E-state index contributed by atoms with van der Waals surface area (Å²) < 4.78 is 0. The summed E-state index contributed by atoms with van der Waals surface area (Å²) in [4.78, 5) is 33.7. The van der Waals surface area contributed by atoms with Crippen molar-refractivity contribution < 1.29 is 24.6 Å². The average molecular weight is 629 g/mol. The van der Waals surface area contributed by atoms with Crippen LogP contribution in [-0.2, 0) is 20.8 Å². The van der Waals surface area contributed by atoms with Crippen LogP contribution >= 0.6 is 0 Å². The van der Waals surface area contributed by atoms with Crippen molar-refractivity contribution in [2.75, 3.05) is 16.9 Å². The number of ketones is 1. The van der Waals surface area contributed by atoms with E-state index in [1.54, 1.807) is 37.3 Å². The van der Waals surface area contributed by atoms with Crippen molar-refractivity contribution in [1.29, 1.82) is 0 Å². The standard InChI is InChI=1S/C34H28N8O5/c1-19-16-28(32(36)33(31(19)35)42-39-23-8-2-20(3-9-23)17-30(44)45)41-38-25-12-6-22(7-13-25)21-4-10-24(11-5-21)37-40-26-14-15-29(43)27(18-26)34(46)47/h2-16,18,37H,17,35-36H2,1H3,(H,44,45)(H,46,47). The number of hydrazone groups is 1. The Bertz CT molecular complexity index is 2010. The lowest BCUT2D eigenvalue weighted by Gasteiger charge is -2.09. The molecular formula is C34H28N8O5. The molecule has 0 saturated carbocycles. The molecule has 13 heteroatoms. The smallest absolute Gasteiger partial charge is 0.339 e. The molecule has 0 spiro atoms. The van der Waals surface area contributed by atoms with E-state index in [0.717, 1.165) is 11.1 Å². The number of nitrogens with two attached hydrogens (primary N) is 2. The molecule has 1 aliphatic rings. The first-order valence-electron chi connectivity index (χ1n) is 14.1. The maximum absolute atomic E-state index is 11.6. The number of rotatable bonds is 10. The van der Waals surface area contributed by atoms with Gasteiger partial charge in [-0.05, 0) is 89.9 Å². The van der Waals surface area contributed by atoms with Crippen molar-refractivity contribution in [2.45, 2.75) is 13.3 Å². The molecule has 47 heavy (non-hydrogen) atoms. The van der Waals surface area contributed by atoms with Gasteiger partial charge in [-0.1, -0.05) is 36.4 Å². The summed E-state index contributed by atoms with van der Waals surface area (Å²) in [6.45, 7) is 1.80. The lowest BCUT2D eigenvalue weighted by Crippen LogP contribution is -2.15. The van der Waals surface area contributed by atoms with Crippen molar-refractivity contribution in [3.8, 4) is 11.1 Å². The number of benzene rings is 4. The van der Waals surface area contributed by atoms with E-state index < -0.39 is 17.7 Å². The van der Waals surface area contributed by atoms with Gasteiger partial charge in [0.1, 0.15) is 16.9 Å². The van der Waals surface area contributed by atoms with Gasteiger partial charge >= 0.3 is 11.9 Å². The number of carboxylic acid groups (broad SMARTS) is 2. The normalized spacial score (nSPS) is 13.8. The molecule has 0 saturated heterocycles. The zero-order chi connectivity index (χ0) is 33.5. The lowest BCUT2D eigenvalue weighted by atomic mass is 10.0. The van der Waals surface area contributed by atoms with E-state index >= 15 is 0 Å². The van der Waals surface area contributed by atoms with E-state index in [1.807, 2.05) is 48.5 Å². The fourth-order valence-corrected chi connectivity index (χ4v) is 4.42. The minimum Gasteiger partial charge on any atom is -0.481 e. The number of carbonyl (C=O) groups is 3. The van der Waals surface area contributed by atoms with Gasteiger partial charge in [0, 0.05) is 0 Å². The molecule has 4 aromatic carbocycles. The highest BCUT2D eigenvalue weighted by Crippen LogP contribution is 2.41. The maximum atomic E-state index is 11.6. The molecule has 0 radical (unpaired) electrons. The van der Waals surface area contributed by atoms with Crippen LogP contribution in [0.4, 0.5) is 39.8 Å². The van der Waals surface area contributed by atoms with E-state index in [-0.39, 0.29) is 23.4 Å². The fraction of sp³-hybridized carbons (Fsp3) is 0.0588. The molecule has 0 bridgehead atoms. The van der Waals surface area contributed by atoms with Gasteiger partial charge in [-0.3, -0.25) is 15.0 Å². The molecule has 0 atom stereocenters. The van der Waals surface area contributed by atoms with E-state index in [9.17, 15) is 14.4 Å². The second kappa shape index (κ2) is 13.9. The van der Waals surface area contributed by atoms with Gasteiger partial charge in [-0.25, -0.2) is 4.79 Å². The van der Waals surface area contributed by atoms with Crippen LogP contribution in [-0.4, -0.2) is 33.6 Å². The minimum atomic E-state index is -1.30. The molecule has 0 aliphatic heterocycles. The van der Waals surface area contributed by atoms with Gasteiger partial charge in [-0.2, -0.15) is 15.3 Å². The quantitative estimate of drug-likeness (QED) is 0.0396. The molecule has 0 amide bonds. The van der Waals surface area contributed by atoms with Crippen LogP contribution in [0.1, 0.15) is 11.1 Å². The Kier molecular flexibility index (Phi) is 9.37. The minimum absolute atomic E-state index is 0.0864. The number of allylic oxidation sites excluding steroid dienone is 3. The number of aliphatic carboxylic acids is 2. The Hall–Kier alpha value is -6.76. The number of carbonyl (C=O) groups excluding carboxylic acids is 1. The number of nitrogens with one attached hydrogen (secondary N) is 1. The van der Waals surface area contributed by atoms with E-state index in [1.165, 1.54) is 18.2 Å². The third kappa shape index (κ3) is 7.85. The predicted octanol–water partition coefficient (Wildman–Crippen LogP) is 7.20. The largest absolute Gasteiger partial charge is 0.481 e. The van der Waals surface area contributed by atoms with Crippen molar-refractivity contribution in [3.63, 3.8) is 0 Å². The molecule has 5 rings (SSSR count). The molecule has 7 N–H and O–H groups in total. The number of nitrogen functional groups attached to an aromatic ring is 2. The zero-order valence-electron chi connectivity index (χ0n) is 25.0. The van der Waals surface area contributed by atoms with Gasteiger partial charge in [0.2, 0.25) is 0 Å². The molecule has 0 fully saturated rings. The Morgan fingerprint density at radius 1 is 0.766 bits per heavy atom. The van der Waals surface area contributed by atoms with Gasteiger partial charge in [0.05, 0.1) is 40.6 Å². The summed E-state index contributed by atoms with van der Waals surface area (Å²) >= 11 is 0. The molecular weight excluding hydrogens is 600 g/mol. The average Bonchev–Trinajstić information content (AvgIpc) is 3.06. The summed E-state index contributed by atoms with van der Waals surface area (Å²) in [6, 6.07) is 23.2. The molecule has 0 aromatic heterocycles. The van der Waals surface area contributed by atoms with Crippen LogP contribution < -0.4 is 16.9 Å². The lowest BCUT2D eigenvalue weighted by molar-refractivity contribution is -0.136. The highest BCUT2D eigenvalue weighted by molar-refractivity contribution is 6.29. The molecule has 4 aromatic rings. The van der Waals surface area contributed by atoms with E-state index in [0.29, 0.717) is 45.3 Å². The molecule has 0 unspecified atom stereocenters. The molecule has 1 aliphatic carbocycles. The fourth-order valence-electron chi connectivity index (χ4n) is 4.42. The van der Waals surface area contributed by atoms with Gasteiger partial charge < -0.3 is 21.7 Å². The Labute approximate surface area is 268 Å². The summed E-state index contributed by atoms with van der Waals surface area (Å²) in [7, 11) is 0. The number of hydrogen-bond acceptors (Lipinski definition) is 11. The highest BCUT2D eigenvalue weighted by Gasteiger charge is 2.18. The topological polar surface area (TPSA) is 218 Å². The van der Waals surface area contributed by atoms with Crippen molar-refractivity contribution in [3.05, 3.63) is 114 Å². The maximum Gasteiger partial charge on any atom is 0.339 e. The van der Waals surface area contributed by atoms with Crippen molar-refractivity contribution in [1.82, 2.24) is 0 Å². The van der Waals surface area contributed by atoms with Crippen LogP contribution in [0, 0.1) is 6.92 Å². The number of carboxylic acids is 2. The Balaban J connectivity index is 1.26. The molecule has 13 nitrogen and oxygen atoms in total. The summed E-state index contributed by atoms with van der Waals surface area (Å²) in [5.41, 5.74) is 21.6. The van der Waals surface area contributed by atoms with E-state index in [4.69, 9.17) is 21.7 Å². The SMILES string of the molecule is Cc1cc(N=Nc2ccc(-c3ccc(NN=C4C=CC(=O)C(C(=O)O)=C4)cc3)cc2)c(N)c(N=Nc2ccc(CC(=O)O)cc2)c1N. The Morgan fingerprint density at radius 2 is 1.36 bits per heavy atom. The highest BCUT2D eigenvalue weighted by atomic mass is 16.4. The third-order valence-corrected chi connectivity index (χ3v) is 6.99.